The van der Waals surface area contributed by atoms with E-state index in [1.807, 2.05) is 30.3 Å². The van der Waals surface area contributed by atoms with Crippen molar-refractivity contribution in [2.24, 2.45) is 0 Å². The molecule has 0 aromatic heterocycles. The molecule has 0 aliphatic heterocycles. The van der Waals surface area contributed by atoms with Crippen LogP contribution in [0.5, 0.6) is 0 Å². The molecule has 0 bridgehead atoms. The first-order valence-electron chi connectivity index (χ1n) is 4.32. The van der Waals surface area contributed by atoms with Crippen LogP contribution in [0.2, 0.25) is 0 Å². The van der Waals surface area contributed by atoms with Crippen molar-refractivity contribution in [3.63, 3.8) is 0 Å². The van der Waals surface area contributed by atoms with Gasteiger partial charge in [-0.1, -0.05) is 30.3 Å². The highest BCUT2D eigenvalue weighted by Crippen LogP contribution is 2.09. The molecule has 0 amide bonds. The summed E-state index contributed by atoms with van der Waals surface area (Å²) in [6.07, 6.45) is 2.25. The molecule has 1 rings (SSSR count). The summed E-state index contributed by atoms with van der Waals surface area (Å²) in [6.45, 7) is -0.222. The molecule has 0 fully saturated rings. The molecule has 0 unspecified atom stereocenters. The number of hydrogen-bond acceptors (Lipinski definition) is 1. The normalized spacial score (nSPS) is 11.7. The van der Waals surface area contributed by atoms with Crippen LogP contribution in [-0.4, -0.2) is 11.7 Å². The summed E-state index contributed by atoms with van der Waals surface area (Å²) >= 11 is 0. The molecule has 2 heteroatoms. The highest BCUT2D eigenvalue weighted by molar-refractivity contribution is 5.15. The first-order chi connectivity index (χ1) is 6.33. The zero-order valence-electron chi connectivity index (χ0n) is 7.41. The number of allylic oxidation sites excluding steroid dienone is 1. The fraction of sp³-hybridized carbons (Fsp3) is 0.273. The van der Waals surface area contributed by atoms with Crippen molar-refractivity contribution in [3.8, 4) is 0 Å². The number of aryl methyl sites for hydroxylation is 1. The first kappa shape index (κ1) is 9.93. The van der Waals surface area contributed by atoms with E-state index in [1.165, 1.54) is 6.08 Å². The monoisotopic (exact) mass is 180 g/mol. The fourth-order valence-corrected chi connectivity index (χ4v) is 1.11. The van der Waals surface area contributed by atoms with E-state index in [-0.39, 0.29) is 12.4 Å². The van der Waals surface area contributed by atoms with E-state index < -0.39 is 0 Å². The minimum Gasteiger partial charge on any atom is -0.392 e. The van der Waals surface area contributed by atoms with Crippen molar-refractivity contribution >= 4 is 0 Å². The molecule has 0 radical (unpaired) electrons. The van der Waals surface area contributed by atoms with Crippen LogP contribution in [0.3, 0.4) is 0 Å². The summed E-state index contributed by atoms with van der Waals surface area (Å²) in [7, 11) is 0. The lowest BCUT2D eigenvalue weighted by Gasteiger charge is -1.98. The van der Waals surface area contributed by atoms with Gasteiger partial charge in [0.2, 0.25) is 0 Å². The third kappa shape index (κ3) is 3.85. The third-order valence-electron chi connectivity index (χ3n) is 1.81. The Bertz CT molecular complexity index is 267. The Hall–Kier alpha value is -1.15. The van der Waals surface area contributed by atoms with Gasteiger partial charge in [0.15, 0.2) is 0 Å². The van der Waals surface area contributed by atoms with Crippen LogP contribution in [-0.2, 0) is 6.42 Å². The van der Waals surface area contributed by atoms with Crippen LogP contribution >= 0.6 is 0 Å². The van der Waals surface area contributed by atoms with Crippen LogP contribution in [0.25, 0.3) is 0 Å². The van der Waals surface area contributed by atoms with Gasteiger partial charge in [0, 0.05) is 6.42 Å². The summed E-state index contributed by atoms with van der Waals surface area (Å²) in [4.78, 5) is 0. The Morgan fingerprint density at radius 1 is 1.31 bits per heavy atom. The molecule has 13 heavy (non-hydrogen) atoms. The van der Waals surface area contributed by atoms with Crippen LogP contribution < -0.4 is 0 Å². The molecular weight excluding hydrogens is 167 g/mol. The van der Waals surface area contributed by atoms with Gasteiger partial charge >= 0.3 is 0 Å². The molecule has 0 atom stereocenters. The largest absolute Gasteiger partial charge is 0.392 e. The summed E-state index contributed by atoms with van der Waals surface area (Å²) in [5.74, 6) is -0.244. The molecule has 1 aromatic rings. The van der Waals surface area contributed by atoms with E-state index in [1.54, 1.807) is 0 Å². The fourth-order valence-electron chi connectivity index (χ4n) is 1.11. The van der Waals surface area contributed by atoms with Gasteiger partial charge in [-0.3, -0.25) is 0 Å². The minimum absolute atomic E-state index is 0.222. The van der Waals surface area contributed by atoms with Gasteiger partial charge in [0.1, 0.15) is 0 Å². The number of hydrogen-bond donors (Lipinski definition) is 1. The van der Waals surface area contributed by atoms with Gasteiger partial charge in [-0.25, -0.2) is 4.39 Å². The Balaban J connectivity index is 2.39. The number of aliphatic hydroxyl groups is 1. The maximum absolute atomic E-state index is 12.8. The lowest BCUT2D eigenvalue weighted by atomic mass is 10.1. The quantitative estimate of drug-likeness (QED) is 0.754. The van der Waals surface area contributed by atoms with Crippen molar-refractivity contribution in [3.05, 3.63) is 47.8 Å². The maximum Gasteiger partial charge on any atom is 0.0985 e. The highest BCUT2D eigenvalue weighted by Gasteiger charge is 1.95. The summed E-state index contributed by atoms with van der Waals surface area (Å²) in [5, 5.41) is 8.42. The first-order valence-corrected chi connectivity index (χ1v) is 4.32. The van der Waals surface area contributed by atoms with Gasteiger partial charge < -0.3 is 5.11 Å². The zero-order chi connectivity index (χ0) is 9.52. The Morgan fingerprint density at radius 2 is 2.00 bits per heavy atom. The second-order valence-electron chi connectivity index (χ2n) is 2.82. The maximum atomic E-state index is 12.8. The van der Waals surface area contributed by atoms with Gasteiger partial charge in [-0.2, -0.15) is 0 Å². The molecule has 0 aliphatic rings. The average molecular weight is 180 g/mol. The standard InChI is InChI=1S/C11H13FO/c12-11(8-9-13)7-6-10-4-2-1-3-5-10/h1-5,8,13H,6-7,9H2/b11-8-. The molecule has 1 nitrogen and oxygen atoms in total. The lowest BCUT2D eigenvalue weighted by Crippen LogP contribution is -1.86. The molecule has 0 saturated carbocycles. The SMILES string of the molecule is OC/C=C(\F)CCc1ccccc1. The molecule has 1 aromatic carbocycles. The van der Waals surface area contributed by atoms with Gasteiger partial charge in [-0.05, 0) is 18.1 Å². The third-order valence-corrected chi connectivity index (χ3v) is 1.81. The van der Waals surface area contributed by atoms with Crippen molar-refractivity contribution in [2.75, 3.05) is 6.61 Å². The Kier molecular flexibility index (Phi) is 4.19. The minimum atomic E-state index is -0.244. The van der Waals surface area contributed by atoms with Gasteiger partial charge in [0.25, 0.3) is 0 Å². The number of rotatable bonds is 4. The van der Waals surface area contributed by atoms with Gasteiger partial charge in [-0.15, -0.1) is 0 Å². The van der Waals surface area contributed by atoms with Crippen LogP contribution in [0.4, 0.5) is 4.39 Å². The van der Waals surface area contributed by atoms with Crippen molar-refractivity contribution in [2.45, 2.75) is 12.8 Å². The number of benzene rings is 1. The predicted molar refractivity (Wildman–Crippen MR) is 51.0 cm³/mol. The molecule has 0 heterocycles. The smallest absolute Gasteiger partial charge is 0.0985 e. The summed E-state index contributed by atoms with van der Waals surface area (Å²) < 4.78 is 12.8. The summed E-state index contributed by atoms with van der Waals surface area (Å²) in [5.41, 5.74) is 1.11. The summed E-state index contributed by atoms with van der Waals surface area (Å²) in [6, 6.07) is 9.73. The number of aliphatic hydroxyl groups excluding tert-OH is 1. The van der Waals surface area contributed by atoms with E-state index >= 15 is 0 Å². The van der Waals surface area contributed by atoms with Crippen LogP contribution in [0, 0.1) is 0 Å². The molecule has 70 valence electrons. The molecule has 0 saturated heterocycles. The number of halogens is 1. The van der Waals surface area contributed by atoms with Gasteiger partial charge in [0.05, 0.1) is 12.4 Å². The second kappa shape index (κ2) is 5.49. The average Bonchev–Trinajstić information content (AvgIpc) is 2.17. The predicted octanol–water partition coefficient (Wildman–Crippen LogP) is 2.46. The Labute approximate surface area is 77.5 Å². The van der Waals surface area contributed by atoms with Crippen molar-refractivity contribution in [1.29, 1.82) is 0 Å². The molecule has 1 N–H and O–H groups in total. The van der Waals surface area contributed by atoms with E-state index in [2.05, 4.69) is 0 Å². The molecule has 0 aliphatic carbocycles. The molecular formula is C11H13FO. The van der Waals surface area contributed by atoms with Crippen molar-refractivity contribution < 1.29 is 9.50 Å². The van der Waals surface area contributed by atoms with Crippen LogP contribution in [0.1, 0.15) is 12.0 Å². The lowest BCUT2D eigenvalue weighted by molar-refractivity contribution is 0.338. The highest BCUT2D eigenvalue weighted by atomic mass is 19.1. The van der Waals surface area contributed by atoms with E-state index in [0.29, 0.717) is 12.8 Å². The van der Waals surface area contributed by atoms with E-state index in [0.717, 1.165) is 5.56 Å². The van der Waals surface area contributed by atoms with E-state index in [4.69, 9.17) is 5.11 Å². The van der Waals surface area contributed by atoms with Crippen LogP contribution in [0.15, 0.2) is 42.2 Å². The van der Waals surface area contributed by atoms with Crippen molar-refractivity contribution in [1.82, 2.24) is 0 Å². The Morgan fingerprint density at radius 3 is 2.62 bits per heavy atom. The molecule has 0 spiro atoms. The van der Waals surface area contributed by atoms with E-state index in [9.17, 15) is 4.39 Å². The topological polar surface area (TPSA) is 20.2 Å². The zero-order valence-corrected chi connectivity index (χ0v) is 7.41. The second-order valence-corrected chi connectivity index (χ2v) is 2.82.